The standard InChI is InChI=1S/C6H17NO7P2.Na.H/c7-5-3-1-2-4-6(8,15(9,10)11)16(12,13)14;;/h8H,1-5,7H2,(H2,9,10,11)(H2,12,13,14);;. The molecule has 0 rings (SSSR count). The van der Waals surface area contributed by atoms with Gasteiger partial charge in [0.1, 0.15) is 0 Å². The molecule has 0 aromatic carbocycles. The van der Waals surface area contributed by atoms with E-state index in [9.17, 15) is 14.2 Å². The van der Waals surface area contributed by atoms with Crippen LogP contribution in [0.15, 0.2) is 0 Å². The van der Waals surface area contributed by atoms with Gasteiger partial charge in [-0.25, -0.2) is 0 Å². The van der Waals surface area contributed by atoms with Crippen LogP contribution in [0.3, 0.4) is 0 Å². The summed E-state index contributed by atoms with van der Waals surface area (Å²) in [6, 6.07) is 0. The van der Waals surface area contributed by atoms with E-state index in [1.54, 1.807) is 0 Å². The van der Waals surface area contributed by atoms with E-state index in [2.05, 4.69) is 0 Å². The molecule has 0 amide bonds. The summed E-state index contributed by atoms with van der Waals surface area (Å²) in [4.78, 5) is 35.1. The van der Waals surface area contributed by atoms with Gasteiger partial charge in [0, 0.05) is 0 Å². The van der Waals surface area contributed by atoms with Gasteiger partial charge in [-0.2, -0.15) is 0 Å². The Morgan fingerprint density at radius 3 is 1.65 bits per heavy atom. The van der Waals surface area contributed by atoms with Crippen molar-refractivity contribution in [3.63, 3.8) is 0 Å². The van der Waals surface area contributed by atoms with Gasteiger partial charge in [0.2, 0.25) is 0 Å². The van der Waals surface area contributed by atoms with Crippen LogP contribution in [0, 0.1) is 0 Å². The van der Waals surface area contributed by atoms with Crippen LogP contribution in [-0.2, 0) is 9.13 Å². The van der Waals surface area contributed by atoms with Crippen molar-refractivity contribution < 1.29 is 33.8 Å². The number of unbranched alkanes of at least 4 members (excludes halogenated alkanes) is 2. The first-order valence-corrected chi connectivity index (χ1v) is 7.82. The molecule has 0 aliphatic carbocycles. The number of hydrogen-bond acceptors (Lipinski definition) is 4. The molecule has 0 aliphatic heterocycles. The summed E-state index contributed by atoms with van der Waals surface area (Å²) < 4.78 is 21.8. The average molecular weight is 301 g/mol. The van der Waals surface area contributed by atoms with E-state index in [4.69, 9.17) is 25.3 Å². The zero-order chi connectivity index (χ0) is 13.0. The molecule has 0 aromatic heterocycles. The average Bonchev–Trinajstić information content (AvgIpc) is 2.08. The molecule has 0 radical (unpaired) electrons. The molecule has 8 nitrogen and oxygen atoms in total. The number of aliphatic hydroxyl groups is 1. The normalized spacial score (nSPS) is 13.3. The van der Waals surface area contributed by atoms with E-state index in [1.807, 2.05) is 0 Å². The van der Waals surface area contributed by atoms with Crippen molar-refractivity contribution in [3.05, 3.63) is 0 Å². The van der Waals surface area contributed by atoms with E-state index in [0.717, 1.165) is 0 Å². The minimum absolute atomic E-state index is 0. The van der Waals surface area contributed by atoms with Crippen molar-refractivity contribution in [1.82, 2.24) is 0 Å². The van der Waals surface area contributed by atoms with E-state index < -0.39 is 26.7 Å². The maximum absolute atomic E-state index is 10.9. The summed E-state index contributed by atoms with van der Waals surface area (Å²) >= 11 is 0. The molecule has 7 N–H and O–H groups in total. The van der Waals surface area contributed by atoms with Crippen LogP contribution in [0.5, 0.6) is 0 Å². The quantitative estimate of drug-likeness (QED) is 0.195. The molecule has 0 aromatic rings. The van der Waals surface area contributed by atoms with Gasteiger partial charge in [0.05, 0.1) is 0 Å². The fourth-order valence-electron chi connectivity index (χ4n) is 1.14. The Balaban J connectivity index is 0. The first kappa shape index (κ1) is 20.5. The zero-order valence-electron chi connectivity index (χ0n) is 8.56. The molecule has 11 heteroatoms. The molecule has 100 valence electrons. The number of nitrogens with two attached hydrogens (primary N) is 1. The Labute approximate surface area is 121 Å². The summed E-state index contributed by atoms with van der Waals surface area (Å²) in [6.07, 6.45) is 0.392. The Morgan fingerprint density at radius 2 is 1.35 bits per heavy atom. The molecule has 0 saturated heterocycles. The van der Waals surface area contributed by atoms with Crippen LogP contribution >= 0.6 is 15.2 Å². The van der Waals surface area contributed by atoms with Gasteiger partial charge in [0.15, 0.2) is 0 Å². The third-order valence-corrected chi connectivity index (χ3v) is 6.03. The fraction of sp³-hybridized carbons (Fsp3) is 1.00. The van der Waals surface area contributed by atoms with Gasteiger partial charge in [-0.1, -0.05) is 6.42 Å². The van der Waals surface area contributed by atoms with E-state index in [1.165, 1.54) is 0 Å². The molecule has 0 saturated carbocycles. The SMILES string of the molecule is NCCCCCC(O)(P(=O)(O)O)P(=O)(O)O.[NaH]. The van der Waals surface area contributed by atoms with Gasteiger partial charge in [-0.05, 0) is 25.8 Å². The summed E-state index contributed by atoms with van der Waals surface area (Å²) in [7, 11) is -10.6. The zero-order valence-corrected chi connectivity index (χ0v) is 10.3. The summed E-state index contributed by atoms with van der Waals surface area (Å²) in [5.41, 5.74) is 5.18. The third-order valence-electron chi connectivity index (χ3n) is 2.15. The van der Waals surface area contributed by atoms with Crippen molar-refractivity contribution >= 4 is 44.7 Å². The van der Waals surface area contributed by atoms with Crippen molar-refractivity contribution in [2.45, 2.75) is 30.8 Å². The second-order valence-corrected chi connectivity index (χ2v) is 7.47. The van der Waals surface area contributed by atoms with Gasteiger partial charge in [-0.15, -0.1) is 0 Å². The Kier molecular flexibility index (Phi) is 9.33. The summed E-state index contributed by atoms with van der Waals surface area (Å²) in [5.74, 6) is 0. The Morgan fingerprint density at radius 1 is 0.941 bits per heavy atom. The van der Waals surface area contributed by atoms with Crippen molar-refractivity contribution in [1.29, 1.82) is 0 Å². The predicted octanol–water partition coefficient (Wildman–Crippen LogP) is -1.14. The topological polar surface area (TPSA) is 161 Å². The first-order valence-electron chi connectivity index (χ1n) is 4.60. The first-order chi connectivity index (χ1) is 7.06. The summed E-state index contributed by atoms with van der Waals surface area (Å²) in [6.45, 7) is 0.365. The van der Waals surface area contributed by atoms with E-state index in [0.29, 0.717) is 19.4 Å². The Bertz CT molecular complexity index is 291. The number of hydrogen-bond donors (Lipinski definition) is 6. The van der Waals surface area contributed by atoms with Crippen LogP contribution in [0.2, 0.25) is 0 Å². The van der Waals surface area contributed by atoms with Crippen molar-refractivity contribution in [2.75, 3.05) is 6.54 Å². The fourth-order valence-corrected chi connectivity index (χ4v) is 3.40. The van der Waals surface area contributed by atoms with Gasteiger partial charge < -0.3 is 30.4 Å². The maximum atomic E-state index is 10.9. The van der Waals surface area contributed by atoms with Crippen LogP contribution in [0.4, 0.5) is 0 Å². The molecule has 0 atom stereocenters. The molecule has 0 heterocycles. The molecule has 17 heavy (non-hydrogen) atoms. The molecule has 0 fully saturated rings. The van der Waals surface area contributed by atoms with Crippen LogP contribution in [-0.4, -0.2) is 65.9 Å². The minimum atomic E-state index is -5.30. The third kappa shape index (κ3) is 5.80. The second kappa shape index (κ2) is 7.72. The molecule has 0 spiro atoms. The molecular formula is C6H18NNaO7P2. The van der Waals surface area contributed by atoms with Crippen LogP contribution in [0.1, 0.15) is 25.7 Å². The molecular weight excluding hydrogens is 283 g/mol. The second-order valence-electron chi connectivity index (χ2n) is 3.46. The van der Waals surface area contributed by atoms with Crippen molar-refractivity contribution in [3.8, 4) is 0 Å². The summed E-state index contributed by atoms with van der Waals surface area (Å²) in [5, 5.41) is 6.14. The predicted molar refractivity (Wildman–Crippen MR) is 63.7 cm³/mol. The van der Waals surface area contributed by atoms with E-state index in [-0.39, 0.29) is 36.0 Å². The molecule has 0 bridgehead atoms. The number of rotatable bonds is 7. The van der Waals surface area contributed by atoms with Gasteiger partial charge >= 0.3 is 44.7 Å². The molecule has 0 aliphatic rings. The van der Waals surface area contributed by atoms with Gasteiger partial charge in [0.25, 0.3) is 5.08 Å². The van der Waals surface area contributed by atoms with E-state index >= 15 is 0 Å². The molecule has 0 unspecified atom stereocenters. The van der Waals surface area contributed by atoms with Crippen LogP contribution in [0.25, 0.3) is 0 Å². The monoisotopic (exact) mass is 301 g/mol. The van der Waals surface area contributed by atoms with Crippen LogP contribution < -0.4 is 5.73 Å². The van der Waals surface area contributed by atoms with Crippen molar-refractivity contribution in [2.24, 2.45) is 5.73 Å². The van der Waals surface area contributed by atoms with Gasteiger partial charge in [-0.3, -0.25) is 9.13 Å². The Hall–Kier alpha value is 1.22.